The zero-order chi connectivity index (χ0) is 44.0. The lowest BCUT2D eigenvalue weighted by Gasteiger charge is -2.39. The Bertz CT molecular complexity index is 2460. The van der Waals surface area contributed by atoms with Gasteiger partial charge in [-0.3, -0.25) is 29.5 Å². The van der Waals surface area contributed by atoms with E-state index < -0.39 is 31.4 Å². The predicted molar refractivity (Wildman–Crippen MR) is 243 cm³/mol. The molecule has 3 aliphatic rings. The Morgan fingerprint density at radius 2 is 1.69 bits per heavy atom. The number of ether oxygens (including phenoxy) is 1. The van der Waals surface area contributed by atoms with Crippen LogP contribution in [-0.4, -0.2) is 100 Å². The SMILES string of the molecule is CC1(C)CCC(CN2CCN(c3ccc(C(=O)NS(=O)(=O)c4ccc(NCCCN5CCNC(=O)C5)c([N+](=O)[O-])c4)c(Oc4ccccc4Cl)c3)CC2)=C(c2ccc(Cl)cc2)C1. The molecule has 1 aliphatic carbocycles. The van der Waals surface area contributed by atoms with E-state index in [1.807, 2.05) is 17.0 Å². The molecule has 2 saturated heterocycles. The van der Waals surface area contributed by atoms with Crippen LogP contribution in [-0.2, 0) is 14.8 Å². The van der Waals surface area contributed by atoms with E-state index in [1.165, 1.54) is 34.9 Å². The summed E-state index contributed by atoms with van der Waals surface area (Å²) in [4.78, 5) is 43.1. The number of sulfonamides is 1. The zero-order valence-corrected chi connectivity index (χ0v) is 37.1. The van der Waals surface area contributed by atoms with Crippen LogP contribution < -0.4 is 25.0 Å². The Kier molecular flexibility index (Phi) is 14.1. The molecular weight excluding hydrogens is 854 g/mol. The number of allylic oxidation sites excluding steroid dienone is 1. The van der Waals surface area contributed by atoms with E-state index in [1.54, 1.807) is 36.4 Å². The third-order valence-electron chi connectivity index (χ3n) is 11.6. The minimum Gasteiger partial charge on any atom is -0.455 e. The van der Waals surface area contributed by atoms with Gasteiger partial charge in [0.05, 0.1) is 26.9 Å². The number of amides is 2. The van der Waals surface area contributed by atoms with Crippen molar-refractivity contribution >= 4 is 67.7 Å². The molecule has 4 aromatic rings. The van der Waals surface area contributed by atoms with Crippen molar-refractivity contribution in [3.05, 3.63) is 122 Å². The number of rotatable bonds is 15. The molecule has 2 fully saturated rings. The van der Waals surface area contributed by atoms with Crippen molar-refractivity contribution in [3.63, 3.8) is 0 Å². The van der Waals surface area contributed by atoms with Crippen LogP contribution in [0.25, 0.3) is 5.57 Å². The number of carbonyl (C=O) groups excluding carboxylic acids is 2. The van der Waals surface area contributed by atoms with Gasteiger partial charge in [0.1, 0.15) is 17.2 Å². The number of carbonyl (C=O) groups is 2. The van der Waals surface area contributed by atoms with Gasteiger partial charge in [-0.25, -0.2) is 13.1 Å². The number of hydrogen-bond acceptors (Lipinski definition) is 11. The lowest BCUT2D eigenvalue weighted by atomic mass is 9.72. The number of benzene rings is 4. The lowest BCUT2D eigenvalue weighted by molar-refractivity contribution is -0.384. The Morgan fingerprint density at radius 3 is 2.42 bits per heavy atom. The molecule has 4 aromatic carbocycles. The van der Waals surface area contributed by atoms with Gasteiger partial charge in [-0.2, -0.15) is 0 Å². The maximum atomic E-state index is 13.8. The number of nitro benzene ring substituents is 1. The highest BCUT2D eigenvalue weighted by molar-refractivity contribution is 7.90. The van der Waals surface area contributed by atoms with Crippen molar-refractivity contribution in [3.8, 4) is 11.5 Å². The smallest absolute Gasteiger partial charge is 0.293 e. The van der Waals surface area contributed by atoms with Crippen LogP contribution in [0, 0.1) is 15.5 Å². The summed E-state index contributed by atoms with van der Waals surface area (Å²) in [6.07, 6.45) is 3.77. The van der Waals surface area contributed by atoms with E-state index in [-0.39, 0.29) is 34.1 Å². The van der Waals surface area contributed by atoms with Gasteiger partial charge in [-0.05, 0) is 90.8 Å². The van der Waals surface area contributed by atoms with Crippen LogP contribution >= 0.6 is 23.2 Å². The van der Waals surface area contributed by atoms with Crippen LogP contribution in [0.5, 0.6) is 11.5 Å². The van der Waals surface area contributed by atoms with Crippen molar-refractivity contribution in [2.75, 3.05) is 75.7 Å². The molecule has 0 saturated carbocycles. The van der Waals surface area contributed by atoms with Crippen molar-refractivity contribution in [2.45, 2.75) is 44.4 Å². The first-order valence-electron chi connectivity index (χ1n) is 20.7. The third kappa shape index (κ3) is 11.2. The molecule has 0 spiro atoms. The first-order chi connectivity index (χ1) is 29.6. The van der Waals surface area contributed by atoms with Gasteiger partial charge in [-0.1, -0.05) is 66.9 Å². The third-order valence-corrected chi connectivity index (χ3v) is 13.5. The molecular formula is C45H51Cl2N7O7S. The second-order valence-electron chi connectivity index (χ2n) is 16.7. The molecule has 14 nitrogen and oxygen atoms in total. The van der Waals surface area contributed by atoms with E-state index in [0.717, 1.165) is 55.7 Å². The largest absolute Gasteiger partial charge is 0.455 e. The van der Waals surface area contributed by atoms with E-state index in [9.17, 15) is 28.1 Å². The van der Waals surface area contributed by atoms with Crippen LogP contribution in [0.3, 0.4) is 0 Å². The minimum atomic E-state index is -4.59. The van der Waals surface area contributed by atoms with Gasteiger partial charge >= 0.3 is 0 Å². The van der Waals surface area contributed by atoms with Crippen LogP contribution in [0.15, 0.2) is 95.4 Å². The highest BCUT2D eigenvalue weighted by Crippen LogP contribution is 2.43. The summed E-state index contributed by atoms with van der Waals surface area (Å²) in [5.41, 5.74) is 4.67. The molecule has 0 aromatic heterocycles. The highest BCUT2D eigenvalue weighted by Gasteiger charge is 2.30. The molecule has 3 N–H and O–H groups in total. The molecule has 7 rings (SSSR count). The Hall–Kier alpha value is -5.19. The Labute approximate surface area is 372 Å². The van der Waals surface area contributed by atoms with Gasteiger partial charge in [0.15, 0.2) is 0 Å². The lowest BCUT2D eigenvalue weighted by Crippen LogP contribution is -2.47. The standard InChI is InChI=1S/C45H51Cl2N7O7S/c1-45(2)17-16-32(37(28-45)31-8-10-33(46)11-9-31)29-52-22-24-53(25-23-52)34-12-14-36(42(26-34)61-41-7-4-3-6-38(41)47)44(56)50-62(59,60)35-13-15-39(40(27-35)54(57)58)48-18-5-20-51-21-19-49-43(55)30-51/h3-4,6-15,26-27,48H,5,16-25,28-30H2,1-2H3,(H,49,55)(H,50,56). The second-order valence-corrected chi connectivity index (χ2v) is 19.2. The summed E-state index contributed by atoms with van der Waals surface area (Å²) in [5.74, 6) is -0.676. The van der Waals surface area contributed by atoms with E-state index in [4.69, 9.17) is 27.9 Å². The molecule has 17 heteroatoms. The summed E-state index contributed by atoms with van der Waals surface area (Å²) in [6, 6.07) is 23.3. The first kappa shape index (κ1) is 44.9. The van der Waals surface area contributed by atoms with Crippen molar-refractivity contribution in [1.29, 1.82) is 0 Å². The molecule has 62 heavy (non-hydrogen) atoms. The van der Waals surface area contributed by atoms with Crippen LogP contribution in [0.1, 0.15) is 55.5 Å². The molecule has 2 aliphatic heterocycles. The van der Waals surface area contributed by atoms with Gasteiger partial charge in [0.2, 0.25) is 5.91 Å². The van der Waals surface area contributed by atoms with Crippen molar-refractivity contribution < 1.29 is 27.7 Å². The average molecular weight is 905 g/mol. The summed E-state index contributed by atoms with van der Waals surface area (Å²) in [5, 5.41) is 18.9. The average Bonchev–Trinajstić information content (AvgIpc) is 3.24. The summed E-state index contributed by atoms with van der Waals surface area (Å²) in [7, 11) is -4.59. The van der Waals surface area contributed by atoms with Crippen molar-refractivity contribution in [1.82, 2.24) is 19.8 Å². The normalized spacial score (nSPS) is 17.4. The first-order valence-corrected chi connectivity index (χ1v) is 23.0. The summed E-state index contributed by atoms with van der Waals surface area (Å²) in [6.45, 7) is 11.1. The highest BCUT2D eigenvalue weighted by atomic mass is 35.5. The van der Waals surface area contributed by atoms with Gasteiger partial charge < -0.3 is 20.3 Å². The fourth-order valence-corrected chi connectivity index (χ4v) is 9.43. The molecule has 2 heterocycles. The molecule has 0 unspecified atom stereocenters. The molecule has 0 radical (unpaired) electrons. The number of hydrogen-bond donors (Lipinski definition) is 3. The number of nitrogens with one attached hydrogen (secondary N) is 3. The van der Waals surface area contributed by atoms with Gasteiger partial charge in [0.25, 0.3) is 21.6 Å². The maximum Gasteiger partial charge on any atom is 0.293 e. The van der Waals surface area contributed by atoms with E-state index in [0.29, 0.717) is 57.3 Å². The Morgan fingerprint density at radius 1 is 0.935 bits per heavy atom. The van der Waals surface area contributed by atoms with Crippen molar-refractivity contribution in [2.24, 2.45) is 5.41 Å². The minimum absolute atomic E-state index is 0.0487. The fourth-order valence-electron chi connectivity index (χ4n) is 8.15. The maximum absolute atomic E-state index is 13.8. The van der Waals surface area contributed by atoms with Gasteiger partial charge in [-0.15, -0.1) is 0 Å². The number of halogens is 2. The van der Waals surface area contributed by atoms with Crippen LogP contribution in [0.4, 0.5) is 17.1 Å². The second kappa shape index (κ2) is 19.5. The molecule has 0 atom stereocenters. The zero-order valence-electron chi connectivity index (χ0n) is 34.8. The fraction of sp³-hybridized carbons (Fsp3) is 0.378. The Balaban J connectivity index is 1.05. The number of anilines is 2. The summed E-state index contributed by atoms with van der Waals surface area (Å²) < 4.78 is 35.5. The van der Waals surface area contributed by atoms with Gasteiger partial charge in [0, 0.05) is 81.7 Å². The van der Waals surface area contributed by atoms with E-state index in [2.05, 4.69) is 51.1 Å². The number of nitro groups is 1. The summed E-state index contributed by atoms with van der Waals surface area (Å²) >= 11 is 12.7. The number of nitrogens with zero attached hydrogens (tertiary/aromatic N) is 4. The quantitative estimate of drug-likeness (QED) is 0.0605. The van der Waals surface area contributed by atoms with E-state index >= 15 is 0 Å². The number of piperazine rings is 2. The molecule has 2 amide bonds. The molecule has 328 valence electrons. The topological polar surface area (TPSA) is 166 Å². The predicted octanol–water partition coefficient (Wildman–Crippen LogP) is 7.83. The monoisotopic (exact) mass is 903 g/mol. The number of para-hydroxylation sites is 1. The molecule has 0 bridgehead atoms. The van der Waals surface area contributed by atoms with Crippen LogP contribution in [0.2, 0.25) is 10.0 Å².